The number of phenols is 1. The fourth-order valence-corrected chi connectivity index (χ4v) is 5.49. The van der Waals surface area contributed by atoms with E-state index in [-0.39, 0.29) is 25.0 Å². The molecule has 4 aromatic carbocycles. The van der Waals surface area contributed by atoms with Crippen molar-refractivity contribution in [1.29, 1.82) is 0 Å². The van der Waals surface area contributed by atoms with Gasteiger partial charge in [0.1, 0.15) is 24.1 Å². The second-order valence-electron chi connectivity index (χ2n) is 11.5. The summed E-state index contributed by atoms with van der Waals surface area (Å²) in [5, 5.41) is 30.5. The van der Waals surface area contributed by atoms with Crippen LogP contribution >= 0.6 is 0 Å². The normalized spacial score (nSPS) is 13.7. The van der Waals surface area contributed by atoms with Gasteiger partial charge >= 0.3 is 0 Å². The number of benzene rings is 4. The zero-order valence-electron chi connectivity index (χ0n) is 25.6. The third kappa shape index (κ3) is 8.40. The molecule has 5 aromatic rings. The van der Waals surface area contributed by atoms with Crippen LogP contribution in [0.5, 0.6) is 5.75 Å². The lowest BCUT2D eigenvalue weighted by atomic mass is 10.0. The first-order valence-electron chi connectivity index (χ1n) is 15.3. The number of aromatic amines is 1. The van der Waals surface area contributed by atoms with Crippen LogP contribution in [-0.4, -0.2) is 70.0 Å². The Labute approximate surface area is 271 Å². The molecule has 5 rings (SSSR count). The molecule has 0 aliphatic carbocycles. The summed E-state index contributed by atoms with van der Waals surface area (Å²) in [6.07, 6.45) is 2.83. The van der Waals surface area contributed by atoms with Gasteiger partial charge in [-0.15, -0.1) is 0 Å². The van der Waals surface area contributed by atoms with Gasteiger partial charge in [-0.3, -0.25) is 14.4 Å². The van der Waals surface area contributed by atoms with Crippen molar-refractivity contribution >= 4 is 45.7 Å². The molecule has 1 heterocycles. The number of aliphatic hydroxyl groups excluding tert-OH is 1. The van der Waals surface area contributed by atoms with Crippen molar-refractivity contribution in [2.24, 2.45) is 5.73 Å². The number of H-pyrrole nitrogens is 1. The van der Waals surface area contributed by atoms with Crippen molar-refractivity contribution in [3.63, 3.8) is 0 Å². The molecule has 8 N–H and O–H groups in total. The van der Waals surface area contributed by atoms with Gasteiger partial charge in [-0.05, 0) is 58.5 Å². The molecule has 0 bridgehead atoms. The van der Waals surface area contributed by atoms with Crippen molar-refractivity contribution in [2.75, 3.05) is 6.61 Å². The number of aliphatic hydroxyl groups is 1. The number of amides is 3. The van der Waals surface area contributed by atoms with Gasteiger partial charge in [0.25, 0.3) is 0 Å². The van der Waals surface area contributed by atoms with Crippen LogP contribution in [-0.2, 0) is 38.4 Å². The molecule has 47 heavy (non-hydrogen) atoms. The average molecular weight is 636 g/mol. The molecule has 1 aromatic heterocycles. The number of aldehydes is 1. The van der Waals surface area contributed by atoms with E-state index in [1.165, 1.54) is 12.1 Å². The Bertz CT molecular complexity index is 1870. The first-order chi connectivity index (χ1) is 22.7. The third-order valence-corrected chi connectivity index (χ3v) is 8.04. The second-order valence-corrected chi connectivity index (χ2v) is 11.5. The van der Waals surface area contributed by atoms with Crippen LogP contribution in [0.25, 0.3) is 21.7 Å². The minimum absolute atomic E-state index is 0.00553. The number of carbonyl (C=O) groups excluding carboxylic acids is 4. The molecule has 0 aliphatic rings. The first kappa shape index (κ1) is 32.9. The van der Waals surface area contributed by atoms with Crippen LogP contribution in [0, 0.1) is 0 Å². The molecule has 0 saturated heterocycles. The molecule has 0 radical (unpaired) electrons. The number of aromatic hydroxyl groups is 1. The van der Waals surface area contributed by atoms with Crippen molar-refractivity contribution in [3.05, 3.63) is 114 Å². The zero-order chi connectivity index (χ0) is 33.3. The number of para-hydroxylation sites is 1. The standard InChI is InChI=1S/C36H37N5O6/c37-30(18-26-19-38-31-8-4-3-7-29(26)31)34(45)41-33(21-43)36(47)40-32(17-22-10-13-28(44)14-11-22)35(46)39-27(20-42)16-23-9-12-24-5-1-2-6-25(24)15-23/h1-15,19-20,27,30,32-33,38,43-44H,16-18,21,37H2,(H,39,46)(H,40,47)(H,41,45)/t27-,30+,32+,33+/m1/s1. The lowest BCUT2D eigenvalue weighted by Crippen LogP contribution is -2.58. The quantitative estimate of drug-likeness (QED) is 0.0910. The molecule has 3 amide bonds. The van der Waals surface area contributed by atoms with E-state index in [9.17, 15) is 29.4 Å². The molecule has 0 saturated carbocycles. The Hall–Kier alpha value is -5.52. The van der Waals surface area contributed by atoms with E-state index in [2.05, 4.69) is 20.9 Å². The van der Waals surface area contributed by atoms with E-state index < -0.39 is 48.5 Å². The van der Waals surface area contributed by atoms with Gasteiger partial charge in [0.05, 0.1) is 18.7 Å². The van der Waals surface area contributed by atoms with Crippen LogP contribution in [0.4, 0.5) is 0 Å². The lowest BCUT2D eigenvalue weighted by molar-refractivity contribution is -0.133. The Kier molecular flexibility index (Phi) is 10.6. The monoisotopic (exact) mass is 635 g/mol. The highest BCUT2D eigenvalue weighted by Gasteiger charge is 2.29. The van der Waals surface area contributed by atoms with Crippen LogP contribution < -0.4 is 21.7 Å². The smallest absolute Gasteiger partial charge is 0.245 e. The summed E-state index contributed by atoms with van der Waals surface area (Å²) in [7, 11) is 0. The molecule has 0 fully saturated rings. The number of phenolic OH excluding ortho intramolecular Hbond substituents is 1. The Morgan fingerprint density at radius 2 is 1.40 bits per heavy atom. The number of nitrogens with two attached hydrogens (primary N) is 1. The van der Waals surface area contributed by atoms with E-state index in [1.54, 1.807) is 18.3 Å². The first-order valence-corrected chi connectivity index (χ1v) is 15.3. The number of hydrogen-bond donors (Lipinski definition) is 7. The Morgan fingerprint density at radius 1 is 0.745 bits per heavy atom. The highest BCUT2D eigenvalue weighted by molar-refractivity contribution is 5.94. The summed E-state index contributed by atoms with van der Waals surface area (Å²) in [5.41, 5.74) is 9.35. The molecule has 4 atom stereocenters. The lowest BCUT2D eigenvalue weighted by Gasteiger charge is -2.24. The third-order valence-electron chi connectivity index (χ3n) is 8.04. The summed E-state index contributed by atoms with van der Waals surface area (Å²) in [6.45, 7) is -0.746. The minimum Gasteiger partial charge on any atom is -0.508 e. The SMILES string of the molecule is N[C@@H](Cc1c[nH]c2ccccc12)C(=O)N[C@@H](CO)C(=O)N[C@@H](Cc1ccc(O)cc1)C(=O)N[C@@H](C=O)Cc1ccc2ccccc2c1. The van der Waals surface area contributed by atoms with Crippen molar-refractivity contribution in [1.82, 2.24) is 20.9 Å². The van der Waals surface area contributed by atoms with E-state index >= 15 is 0 Å². The summed E-state index contributed by atoms with van der Waals surface area (Å²) < 4.78 is 0. The number of fused-ring (bicyclic) bond motifs is 2. The van der Waals surface area contributed by atoms with E-state index in [4.69, 9.17) is 5.73 Å². The van der Waals surface area contributed by atoms with Crippen LogP contribution in [0.2, 0.25) is 0 Å². The predicted molar refractivity (Wildman–Crippen MR) is 178 cm³/mol. The van der Waals surface area contributed by atoms with E-state index in [0.29, 0.717) is 11.8 Å². The van der Waals surface area contributed by atoms with Crippen molar-refractivity contribution < 1.29 is 29.4 Å². The van der Waals surface area contributed by atoms with E-state index in [0.717, 1.165) is 32.8 Å². The molecular weight excluding hydrogens is 598 g/mol. The Balaban J connectivity index is 1.26. The van der Waals surface area contributed by atoms with Crippen LogP contribution in [0.3, 0.4) is 0 Å². The highest BCUT2D eigenvalue weighted by atomic mass is 16.3. The number of rotatable bonds is 14. The topological polar surface area (TPSA) is 187 Å². The number of aromatic nitrogens is 1. The van der Waals surface area contributed by atoms with Gasteiger partial charge in [-0.25, -0.2) is 0 Å². The van der Waals surface area contributed by atoms with Crippen LogP contribution in [0.15, 0.2) is 97.2 Å². The maximum Gasteiger partial charge on any atom is 0.245 e. The molecule has 242 valence electrons. The minimum atomic E-state index is -1.40. The van der Waals surface area contributed by atoms with Crippen molar-refractivity contribution in [2.45, 2.75) is 43.4 Å². The molecular formula is C36H37N5O6. The van der Waals surface area contributed by atoms with Crippen LogP contribution in [0.1, 0.15) is 16.7 Å². The molecule has 0 unspecified atom stereocenters. The van der Waals surface area contributed by atoms with Crippen molar-refractivity contribution in [3.8, 4) is 5.75 Å². The van der Waals surface area contributed by atoms with Gasteiger partial charge in [0.2, 0.25) is 17.7 Å². The van der Waals surface area contributed by atoms with Gasteiger partial charge < -0.3 is 41.7 Å². The van der Waals surface area contributed by atoms with E-state index in [1.807, 2.05) is 66.7 Å². The summed E-state index contributed by atoms with van der Waals surface area (Å²) in [5.74, 6) is -2.07. The molecule has 0 spiro atoms. The highest BCUT2D eigenvalue weighted by Crippen LogP contribution is 2.19. The fourth-order valence-electron chi connectivity index (χ4n) is 5.49. The maximum absolute atomic E-state index is 13.5. The molecule has 11 heteroatoms. The predicted octanol–water partition coefficient (Wildman–Crippen LogP) is 2.03. The number of nitrogens with one attached hydrogen (secondary N) is 4. The summed E-state index contributed by atoms with van der Waals surface area (Å²) in [4.78, 5) is 55.0. The number of hydrogen-bond acceptors (Lipinski definition) is 7. The average Bonchev–Trinajstić information content (AvgIpc) is 3.49. The fraction of sp³-hybridized carbons (Fsp3) is 0.222. The summed E-state index contributed by atoms with van der Waals surface area (Å²) >= 11 is 0. The maximum atomic E-state index is 13.5. The number of carbonyl (C=O) groups is 4. The summed E-state index contributed by atoms with van der Waals surface area (Å²) in [6, 6.07) is 22.8. The Morgan fingerprint density at radius 3 is 2.15 bits per heavy atom. The van der Waals surface area contributed by atoms with Gasteiger partial charge in [-0.2, -0.15) is 0 Å². The second kappa shape index (κ2) is 15.2. The molecule has 11 nitrogen and oxygen atoms in total. The van der Waals surface area contributed by atoms with Gasteiger partial charge in [0.15, 0.2) is 0 Å². The van der Waals surface area contributed by atoms with Gasteiger partial charge in [-0.1, -0.05) is 72.8 Å². The molecule has 0 aliphatic heterocycles. The largest absolute Gasteiger partial charge is 0.508 e. The van der Waals surface area contributed by atoms with Gasteiger partial charge in [0, 0.05) is 23.5 Å². The zero-order valence-corrected chi connectivity index (χ0v) is 25.6.